The maximum absolute atomic E-state index is 12.3. The maximum atomic E-state index is 12.3. The van der Waals surface area contributed by atoms with Gasteiger partial charge >= 0.3 is 0 Å². The first-order valence-electron chi connectivity index (χ1n) is 6.93. The highest BCUT2D eigenvalue weighted by Crippen LogP contribution is 2.27. The van der Waals surface area contributed by atoms with Crippen LogP contribution in [0.4, 0.5) is 0 Å². The van der Waals surface area contributed by atoms with Crippen molar-refractivity contribution in [2.45, 2.75) is 17.6 Å². The van der Waals surface area contributed by atoms with Crippen molar-refractivity contribution in [3.05, 3.63) is 52.2 Å². The molecule has 3 N–H and O–H groups in total. The van der Waals surface area contributed by atoms with Gasteiger partial charge in [0.2, 0.25) is 0 Å². The fourth-order valence-electron chi connectivity index (χ4n) is 1.77. The highest BCUT2D eigenvalue weighted by atomic mass is 32.2. The Balaban J connectivity index is 2.00. The second-order valence-electron chi connectivity index (χ2n) is 4.92. The van der Waals surface area contributed by atoms with Crippen molar-refractivity contribution in [2.24, 2.45) is 11.7 Å². The molecule has 0 saturated heterocycles. The number of carbonyl (C=O) groups excluding carboxylic acids is 1. The largest absolute Gasteiger partial charge is 0.352 e. The van der Waals surface area contributed by atoms with Crippen LogP contribution in [0.5, 0.6) is 0 Å². The minimum Gasteiger partial charge on any atom is -0.352 e. The van der Waals surface area contributed by atoms with E-state index in [1.165, 1.54) is 4.88 Å². The average Bonchev–Trinajstić information content (AvgIpc) is 3.04. The fraction of sp³-hybridized carbons (Fsp3) is 0.312. The molecule has 0 aliphatic rings. The molecule has 0 aliphatic carbocycles. The van der Waals surface area contributed by atoms with E-state index < -0.39 is 0 Å². The number of nitrogens with two attached hydrogens (primary N) is 1. The van der Waals surface area contributed by atoms with Gasteiger partial charge in [-0.2, -0.15) is 0 Å². The van der Waals surface area contributed by atoms with Crippen LogP contribution in [0.1, 0.15) is 22.2 Å². The second-order valence-corrected chi connectivity index (χ2v) is 6.96. The van der Waals surface area contributed by atoms with E-state index in [0.717, 1.165) is 16.2 Å². The molecule has 0 saturated carbocycles. The van der Waals surface area contributed by atoms with Crippen LogP contribution in [-0.4, -0.2) is 19.0 Å². The van der Waals surface area contributed by atoms with Crippen LogP contribution in [0.25, 0.3) is 0 Å². The van der Waals surface area contributed by atoms with Gasteiger partial charge in [0.25, 0.3) is 5.91 Å². The number of nitrogens with one attached hydrogen (secondary N) is 1. The summed E-state index contributed by atoms with van der Waals surface area (Å²) in [5, 5.41) is 5.03. The first-order chi connectivity index (χ1) is 10.2. The maximum Gasteiger partial charge on any atom is 0.252 e. The van der Waals surface area contributed by atoms with Crippen LogP contribution in [-0.2, 0) is 5.75 Å². The van der Waals surface area contributed by atoms with E-state index in [1.54, 1.807) is 23.1 Å². The third-order valence-corrected chi connectivity index (χ3v) is 5.28. The molecular formula is C16H20N2OS2. The Bertz CT molecular complexity index is 569. The predicted octanol–water partition coefficient (Wildman–Crippen LogP) is 3.37. The summed E-state index contributed by atoms with van der Waals surface area (Å²) in [5.41, 5.74) is 6.31. The molecule has 3 nitrogen and oxygen atoms in total. The van der Waals surface area contributed by atoms with Crippen molar-refractivity contribution in [3.63, 3.8) is 0 Å². The van der Waals surface area contributed by atoms with E-state index in [1.807, 2.05) is 37.3 Å². The number of thioether (sulfide) groups is 1. The van der Waals surface area contributed by atoms with Crippen LogP contribution in [0.2, 0.25) is 0 Å². The summed E-state index contributed by atoms with van der Waals surface area (Å²) in [7, 11) is 0. The van der Waals surface area contributed by atoms with Gasteiger partial charge in [0.1, 0.15) is 0 Å². The molecule has 0 radical (unpaired) electrons. The molecule has 1 heterocycles. The first-order valence-corrected chi connectivity index (χ1v) is 8.79. The molecule has 1 aromatic carbocycles. The number of hydrogen-bond acceptors (Lipinski definition) is 4. The summed E-state index contributed by atoms with van der Waals surface area (Å²) in [6.07, 6.45) is 0. The molecular weight excluding hydrogens is 300 g/mol. The Labute approximate surface area is 133 Å². The Kier molecular flexibility index (Phi) is 6.29. The quantitative estimate of drug-likeness (QED) is 0.769. The molecule has 2 aromatic rings. The van der Waals surface area contributed by atoms with Crippen LogP contribution >= 0.6 is 23.1 Å². The van der Waals surface area contributed by atoms with Gasteiger partial charge < -0.3 is 11.1 Å². The van der Waals surface area contributed by atoms with Crippen LogP contribution < -0.4 is 11.1 Å². The van der Waals surface area contributed by atoms with Crippen molar-refractivity contribution in [1.82, 2.24) is 5.32 Å². The SMILES string of the molecule is CC(CN)CNC(=O)c1ccccc1SCc1cccs1. The lowest BCUT2D eigenvalue weighted by Crippen LogP contribution is -2.31. The van der Waals surface area contributed by atoms with E-state index in [2.05, 4.69) is 16.8 Å². The summed E-state index contributed by atoms with van der Waals surface area (Å²) in [4.78, 5) is 14.6. The predicted molar refractivity (Wildman–Crippen MR) is 90.9 cm³/mol. The third-order valence-electron chi connectivity index (χ3n) is 3.10. The zero-order chi connectivity index (χ0) is 15.1. The number of thiophene rings is 1. The van der Waals surface area contributed by atoms with Gasteiger partial charge in [-0.25, -0.2) is 0 Å². The van der Waals surface area contributed by atoms with Crippen LogP contribution in [0.15, 0.2) is 46.7 Å². The lowest BCUT2D eigenvalue weighted by Gasteiger charge is -2.12. The Morgan fingerprint density at radius 3 is 2.86 bits per heavy atom. The molecule has 5 heteroatoms. The third kappa shape index (κ3) is 4.88. The summed E-state index contributed by atoms with van der Waals surface area (Å²) < 4.78 is 0. The minimum absolute atomic E-state index is 0.0235. The van der Waals surface area contributed by atoms with Gasteiger partial charge in [-0.3, -0.25) is 4.79 Å². The van der Waals surface area contributed by atoms with E-state index in [9.17, 15) is 4.79 Å². The average molecular weight is 320 g/mol. The molecule has 0 fully saturated rings. The smallest absolute Gasteiger partial charge is 0.252 e. The van der Waals surface area contributed by atoms with Gasteiger partial charge in [-0.05, 0) is 36.0 Å². The molecule has 0 bridgehead atoms. The highest BCUT2D eigenvalue weighted by molar-refractivity contribution is 7.98. The Morgan fingerprint density at radius 1 is 1.33 bits per heavy atom. The highest BCUT2D eigenvalue weighted by Gasteiger charge is 2.12. The van der Waals surface area contributed by atoms with Gasteiger partial charge in [-0.1, -0.05) is 25.1 Å². The second kappa shape index (κ2) is 8.22. The van der Waals surface area contributed by atoms with Crippen molar-refractivity contribution in [3.8, 4) is 0 Å². The zero-order valence-electron chi connectivity index (χ0n) is 12.0. The van der Waals surface area contributed by atoms with E-state index >= 15 is 0 Å². The lowest BCUT2D eigenvalue weighted by atomic mass is 10.1. The van der Waals surface area contributed by atoms with E-state index in [0.29, 0.717) is 19.0 Å². The van der Waals surface area contributed by atoms with Crippen LogP contribution in [0, 0.1) is 5.92 Å². The van der Waals surface area contributed by atoms with Gasteiger partial charge in [-0.15, -0.1) is 23.1 Å². The Morgan fingerprint density at radius 2 is 2.14 bits per heavy atom. The summed E-state index contributed by atoms with van der Waals surface area (Å²) in [5.74, 6) is 1.16. The number of amides is 1. The minimum atomic E-state index is -0.0235. The van der Waals surface area contributed by atoms with Crippen molar-refractivity contribution in [1.29, 1.82) is 0 Å². The monoisotopic (exact) mass is 320 g/mol. The molecule has 1 unspecified atom stereocenters. The first kappa shape index (κ1) is 16.1. The van der Waals surface area contributed by atoms with Gasteiger partial charge in [0, 0.05) is 22.1 Å². The molecule has 1 amide bonds. The summed E-state index contributed by atoms with van der Waals surface area (Å²) in [6, 6.07) is 11.9. The van der Waals surface area contributed by atoms with Crippen molar-refractivity contribution >= 4 is 29.0 Å². The zero-order valence-corrected chi connectivity index (χ0v) is 13.7. The Hall–Kier alpha value is -1.30. The molecule has 1 aromatic heterocycles. The topological polar surface area (TPSA) is 55.1 Å². The number of carbonyl (C=O) groups is 1. The van der Waals surface area contributed by atoms with E-state index in [4.69, 9.17) is 5.73 Å². The van der Waals surface area contributed by atoms with Crippen molar-refractivity contribution in [2.75, 3.05) is 13.1 Å². The molecule has 1 atom stereocenters. The van der Waals surface area contributed by atoms with Gasteiger partial charge in [0.05, 0.1) is 5.56 Å². The molecule has 21 heavy (non-hydrogen) atoms. The standard InChI is InChI=1S/C16H20N2OS2/c1-12(9-17)10-18-16(19)14-6-2-3-7-15(14)21-11-13-5-4-8-20-13/h2-8,12H,9-11,17H2,1H3,(H,18,19). The number of rotatable bonds is 7. The summed E-state index contributed by atoms with van der Waals surface area (Å²) >= 11 is 3.44. The van der Waals surface area contributed by atoms with Gasteiger partial charge in [0.15, 0.2) is 0 Å². The molecule has 2 rings (SSSR count). The molecule has 0 spiro atoms. The fourth-order valence-corrected chi connectivity index (χ4v) is 3.59. The molecule has 0 aliphatic heterocycles. The van der Waals surface area contributed by atoms with Crippen LogP contribution in [0.3, 0.4) is 0 Å². The lowest BCUT2D eigenvalue weighted by molar-refractivity contribution is 0.0945. The van der Waals surface area contributed by atoms with Crippen molar-refractivity contribution < 1.29 is 4.79 Å². The normalized spacial score (nSPS) is 12.1. The summed E-state index contributed by atoms with van der Waals surface area (Å²) in [6.45, 7) is 3.21. The number of hydrogen-bond donors (Lipinski definition) is 2. The number of benzene rings is 1. The molecule has 112 valence electrons. The van der Waals surface area contributed by atoms with E-state index in [-0.39, 0.29) is 5.91 Å².